The fourth-order valence-corrected chi connectivity index (χ4v) is 6.57. The van der Waals surface area contributed by atoms with E-state index in [1.165, 1.54) is 38.6 Å². The number of nitrogens with zero attached hydrogens (tertiary/aromatic N) is 6. The molecule has 0 radical (unpaired) electrons. The molecule has 2 aromatic heterocycles. The Morgan fingerprint density at radius 3 is 2.62 bits per heavy atom. The summed E-state index contributed by atoms with van der Waals surface area (Å²) in [4.78, 5) is 34.3. The summed E-state index contributed by atoms with van der Waals surface area (Å²) in [6.07, 6.45) is 16.4. The van der Waals surface area contributed by atoms with Gasteiger partial charge in [0, 0.05) is 51.0 Å². The van der Waals surface area contributed by atoms with Gasteiger partial charge < -0.3 is 20.4 Å². The molecule has 0 bridgehead atoms. The molecule has 2 saturated carbocycles. The summed E-state index contributed by atoms with van der Waals surface area (Å²) >= 11 is 0. The molecule has 1 amide bonds. The summed E-state index contributed by atoms with van der Waals surface area (Å²) in [5.41, 5.74) is 2.05. The fraction of sp³-hybridized carbons (Fsp3) is 0.571. The number of anilines is 4. The van der Waals surface area contributed by atoms with E-state index in [1.54, 1.807) is 0 Å². The number of fused-ring (bicyclic) bond motifs is 4. The number of aromatic nitrogens is 3. The second kappa shape index (κ2) is 9.28. The maximum atomic E-state index is 12.8. The number of amides is 1. The minimum atomic E-state index is -0.316. The number of pyridine rings is 1. The predicted molar refractivity (Wildman–Crippen MR) is 145 cm³/mol. The van der Waals surface area contributed by atoms with Crippen LogP contribution in [-0.2, 0) is 4.79 Å². The molecule has 1 unspecified atom stereocenters. The quantitative estimate of drug-likeness (QED) is 0.647. The van der Waals surface area contributed by atoms with Crippen molar-refractivity contribution < 1.29 is 4.79 Å². The monoisotopic (exact) mass is 500 g/mol. The molecular formula is C28H36N8O. The Morgan fingerprint density at radius 2 is 1.86 bits per heavy atom. The van der Waals surface area contributed by atoms with E-state index in [4.69, 9.17) is 4.98 Å². The summed E-state index contributed by atoms with van der Waals surface area (Å²) in [7, 11) is 0. The van der Waals surface area contributed by atoms with Crippen molar-refractivity contribution in [3.8, 4) is 0 Å². The largest absolute Gasteiger partial charge is 0.368 e. The topological polar surface area (TPSA) is 89.5 Å². The molecule has 7 rings (SSSR count). The highest BCUT2D eigenvalue weighted by atomic mass is 16.2. The fourth-order valence-electron chi connectivity index (χ4n) is 6.57. The molecule has 2 saturated heterocycles. The molecule has 1 spiro atoms. The molecular weight excluding hydrogens is 464 g/mol. The highest BCUT2D eigenvalue weighted by molar-refractivity contribution is 5.93. The third kappa shape index (κ3) is 4.43. The van der Waals surface area contributed by atoms with Crippen molar-refractivity contribution in [2.45, 2.75) is 56.5 Å². The molecule has 5 heterocycles. The van der Waals surface area contributed by atoms with E-state index >= 15 is 0 Å². The van der Waals surface area contributed by atoms with Crippen molar-refractivity contribution in [3.63, 3.8) is 0 Å². The maximum absolute atomic E-state index is 12.8. The van der Waals surface area contributed by atoms with Crippen molar-refractivity contribution in [1.29, 1.82) is 0 Å². The van der Waals surface area contributed by atoms with Gasteiger partial charge in [0.05, 0.1) is 17.4 Å². The van der Waals surface area contributed by atoms with Gasteiger partial charge in [0.15, 0.2) is 0 Å². The van der Waals surface area contributed by atoms with Crippen molar-refractivity contribution >= 4 is 35.3 Å². The molecule has 194 valence electrons. The highest BCUT2D eigenvalue weighted by Crippen LogP contribution is 2.43. The Bertz CT molecular complexity index is 1180. The van der Waals surface area contributed by atoms with Crippen LogP contribution in [0.15, 0.2) is 30.6 Å². The Morgan fingerprint density at radius 1 is 1.03 bits per heavy atom. The van der Waals surface area contributed by atoms with Gasteiger partial charge >= 0.3 is 0 Å². The lowest BCUT2D eigenvalue weighted by Gasteiger charge is -2.54. The van der Waals surface area contributed by atoms with Crippen molar-refractivity contribution in [2.75, 3.05) is 54.4 Å². The lowest BCUT2D eigenvalue weighted by atomic mass is 9.77. The van der Waals surface area contributed by atoms with Gasteiger partial charge in [-0.15, -0.1) is 0 Å². The molecule has 2 aromatic rings. The lowest BCUT2D eigenvalue weighted by Crippen LogP contribution is -2.69. The molecule has 3 aliphatic heterocycles. The van der Waals surface area contributed by atoms with E-state index in [9.17, 15) is 4.79 Å². The minimum absolute atomic E-state index is 0.0526. The Balaban J connectivity index is 1.07. The summed E-state index contributed by atoms with van der Waals surface area (Å²) in [6.45, 7) is 6.31. The third-order valence-corrected chi connectivity index (χ3v) is 8.85. The molecule has 9 heteroatoms. The van der Waals surface area contributed by atoms with Crippen LogP contribution >= 0.6 is 0 Å². The van der Waals surface area contributed by atoms with Crippen LogP contribution in [-0.4, -0.2) is 76.6 Å². The minimum Gasteiger partial charge on any atom is -0.368 e. The van der Waals surface area contributed by atoms with Crippen LogP contribution in [0.5, 0.6) is 0 Å². The Labute approximate surface area is 218 Å². The lowest BCUT2D eigenvalue weighted by molar-refractivity contribution is -0.123. The van der Waals surface area contributed by atoms with Gasteiger partial charge in [-0.25, -0.2) is 9.97 Å². The molecule has 2 N–H and O–H groups in total. The number of nitrogens with one attached hydrogen (secondary N) is 2. The number of piperazine rings is 2. The molecule has 2 aliphatic carbocycles. The van der Waals surface area contributed by atoms with Crippen LogP contribution in [0.1, 0.15) is 50.5 Å². The first kappa shape index (κ1) is 23.0. The van der Waals surface area contributed by atoms with Gasteiger partial charge in [-0.2, -0.15) is 4.98 Å². The van der Waals surface area contributed by atoms with E-state index in [0.717, 1.165) is 67.8 Å². The number of hydrogen-bond donors (Lipinski definition) is 2. The number of carbonyl (C=O) groups excluding carboxylic acids is 1. The van der Waals surface area contributed by atoms with Gasteiger partial charge in [-0.3, -0.25) is 9.69 Å². The summed E-state index contributed by atoms with van der Waals surface area (Å²) < 4.78 is 0. The zero-order valence-corrected chi connectivity index (χ0v) is 21.4. The molecule has 0 aromatic carbocycles. The SMILES string of the molecule is O=C1NCC2(CCCCC2)N2c3nc(Nc4ccc(N5CCN(CC6CC6)CC5)cn4)ncc3C=CC12. The van der Waals surface area contributed by atoms with Gasteiger partial charge in [0.2, 0.25) is 11.9 Å². The molecule has 1 atom stereocenters. The molecule has 37 heavy (non-hydrogen) atoms. The molecule has 5 aliphatic rings. The number of rotatable bonds is 5. The average molecular weight is 501 g/mol. The predicted octanol–water partition coefficient (Wildman–Crippen LogP) is 3.18. The van der Waals surface area contributed by atoms with Crippen LogP contribution in [0.4, 0.5) is 23.3 Å². The zero-order valence-electron chi connectivity index (χ0n) is 21.4. The summed E-state index contributed by atoms with van der Waals surface area (Å²) in [5, 5.41) is 6.47. The Kier molecular flexibility index (Phi) is 5.75. The Hall–Kier alpha value is -3.20. The maximum Gasteiger partial charge on any atom is 0.246 e. The van der Waals surface area contributed by atoms with Crippen molar-refractivity contribution in [3.05, 3.63) is 36.2 Å². The third-order valence-electron chi connectivity index (χ3n) is 8.85. The molecule has 4 fully saturated rings. The zero-order chi connectivity index (χ0) is 24.8. The normalized spacial score (nSPS) is 25.0. The first-order valence-electron chi connectivity index (χ1n) is 14.0. The van der Waals surface area contributed by atoms with Gasteiger partial charge in [-0.1, -0.05) is 31.4 Å². The smallest absolute Gasteiger partial charge is 0.246 e. The second-order valence-corrected chi connectivity index (χ2v) is 11.4. The van der Waals surface area contributed by atoms with Crippen LogP contribution in [0.2, 0.25) is 0 Å². The van der Waals surface area contributed by atoms with Crippen LogP contribution in [0.3, 0.4) is 0 Å². The van der Waals surface area contributed by atoms with E-state index in [-0.39, 0.29) is 17.5 Å². The summed E-state index contributed by atoms with van der Waals surface area (Å²) in [6, 6.07) is 3.83. The van der Waals surface area contributed by atoms with E-state index in [2.05, 4.69) is 41.4 Å². The summed E-state index contributed by atoms with van der Waals surface area (Å²) in [5.74, 6) is 3.09. The average Bonchev–Trinajstić information content (AvgIpc) is 3.76. The van der Waals surface area contributed by atoms with E-state index in [1.807, 2.05) is 30.6 Å². The van der Waals surface area contributed by atoms with Crippen LogP contribution in [0.25, 0.3) is 6.08 Å². The van der Waals surface area contributed by atoms with Crippen LogP contribution in [0, 0.1) is 5.92 Å². The van der Waals surface area contributed by atoms with E-state index < -0.39 is 0 Å². The van der Waals surface area contributed by atoms with Crippen molar-refractivity contribution in [1.82, 2.24) is 25.2 Å². The highest BCUT2D eigenvalue weighted by Gasteiger charge is 2.49. The van der Waals surface area contributed by atoms with Gasteiger partial charge in [0.25, 0.3) is 0 Å². The first-order valence-corrected chi connectivity index (χ1v) is 14.0. The van der Waals surface area contributed by atoms with E-state index in [0.29, 0.717) is 12.5 Å². The standard InChI is InChI=1S/C28H36N8O/c37-26-23-8-6-21-16-30-27(33-25(21)36(23)28(19-31-26)10-2-1-3-11-28)32-24-9-7-22(17-29-24)35-14-12-34(13-15-35)18-20-4-5-20/h6-9,16-17,20,23H,1-5,10-15,18-19H2,(H,31,37)(H,29,30,32,33). The van der Waals surface area contributed by atoms with Gasteiger partial charge in [-0.05, 0) is 43.7 Å². The second-order valence-electron chi connectivity index (χ2n) is 11.4. The van der Waals surface area contributed by atoms with Crippen molar-refractivity contribution in [2.24, 2.45) is 5.92 Å². The number of carbonyl (C=O) groups is 1. The molecule has 9 nitrogen and oxygen atoms in total. The first-order chi connectivity index (χ1) is 18.2. The number of hydrogen-bond acceptors (Lipinski definition) is 8. The van der Waals surface area contributed by atoms with Crippen LogP contribution < -0.4 is 20.4 Å². The van der Waals surface area contributed by atoms with Gasteiger partial charge in [0.1, 0.15) is 17.7 Å².